The molecule has 1 aliphatic rings. The molecule has 0 radical (unpaired) electrons. The molecule has 3 nitrogen and oxygen atoms in total. The van der Waals surface area contributed by atoms with Gasteiger partial charge in [0.05, 0.1) is 6.07 Å². The Bertz CT molecular complexity index is 264. The number of alkyl halides is 3. The van der Waals surface area contributed by atoms with E-state index < -0.39 is 12.1 Å². The molecule has 17 heavy (non-hydrogen) atoms. The van der Waals surface area contributed by atoms with E-state index in [2.05, 4.69) is 5.32 Å². The first-order chi connectivity index (χ1) is 7.95. The van der Waals surface area contributed by atoms with Gasteiger partial charge in [-0.1, -0.05) is 0 Å². The zero-order chi connectivity index (χ0) is 12.9. The van der Waals surface area contributed by atoms with Gasteiger partial charge in [0.1, 0.15) is 0 Å². The number of hydrogen-bond acceptors (Lipinski definition) is 3. The smallest absolute Gasteiger partial charge is 0.317 e. The van der Waals surface area contributed by atoms with Gasteiger partial charge in [-0.05, 0) is 39.4 Å². The van der Waals surface area contributed by atoms with Crippen LogP contribution in [-0.2, 0) is 0 Å². The van der Waals surface area contributed by atoms with E-state index in [1.54, 1.807) is 11.9 Å². The first kappa shape index (κ1) is 14.3. The zero-order valence-corrected chi connectivity index (χ0v) is 9.93. The Balaban J connectivity index is 2.51. The Morgan fingerprint density at radius 1 is 1.41 bits per heavy atom. The van der Waals surface area contributed by atoms with Crippen molar-refractivity contribution in [2.75, 3.05) is 26.7 Å². The number of nitriles is 1. The van der Waals surface area contributed by atoms with Gasteiger partial charge < -0.3 is 10.2 Å². The molecule has 98 valence electrons. The van der Waals surface area contributed by atoms with E-state index in [0.29, 0.717) is 0 Å². The van der Waals surface area contributed by atoms with Crippen molar-refractivity contribution in [2.45, 2.75) is 31.5 Å². The van der Waals surface area contributed by atoms with Crippen LogP contribution in [0.4, 0.5) is 13.2 Å². The van der Waals surface area contributed by atoms with Crippen LogP contribution in [0.3, 0.4) is 0 Å². The van der Waals surface area contributed by atoms with Crippen LogP contribution in [-0.4, -0.2) is 43.8 Å². The topological polar surface area (TPSA) is 39.1 Å². The Kier molecular flexibility index (Phi) is 5.22. The molecule has 0 aromatic carbocycles. The highest BCUT2D eigenvalue weighted by molar-refractivity contribution is 4.91. The summed E-state index contributed by atoms with van der Waals surface area (Å²) in [6.45, 7) is 1.52. The van der Waals surface area contributed by atoms with Crippen molar-refractivity contribution in [1.82, 2.24) is 10.2 Å². The van der Waals surface area contributed by atoms with E-state index in [0.717, 1.165) is 32.4 Å². The molecule has 0 saturated carbocycles. The third kappa shape index (κ3) is 4.52. The molecule has 0 spiro atoms. The lowest BCUT2D eigenvalue weighted by Gasteiger charge is -2.29. The molecule has 1 aliphatic heterocycles. The normalized spacial score (nSPS) is 24.1. The summed E-state index contributed by atoms with van der Waals surface area (Å²) in [5.41, 5.74) is 0. The fourth-order valence-electron chi connectivity index (χ4n) is 2.10. The summed E-state index contributed by atoms with van der Waals surface area (Å²) in [6.07, 6.45) is -1.73. The van der Waals surface area contributed by atoms with Crippen LogP contribution in [0.25, 0.3) is 0 Å². The number of halogens is 3. The summed E-state index contributed by atoms with van der Waals surface area (Å²) in [7, 11) is 1.67. The molecule has 0 aromatic heterocycles. The van der Waals surface area contributed by atoms with Crippen LogP contribution in [0, 0.1) is 17.2 Å². The summed E-state index contributed by atoms with van der Waals surface area (Å²) < 4.78 is 37.4. The van der Waals surface area contributed by atoms with Crippen molar-refractivity contribution >= 4 is 0 Å². The second kappa shape index (κ2) is 6.22. The molecule has 2 atom stereocenters. The van der Waals surface area contributed by atoms with Crippen molar-refractivity contribution < 1.29 is 13.2 Å². The van der Waals surface area contributed by atoms with Gasteiger partial charge in [-0.3, -0.25) is 0 Å². The molecule has 0 aromatic rings. The molecule has 2 unspecified atom stereocenters. The fraction of sp³-hybridized carbons (Fsp3) is 0.909. The zero-order valence-electron chi connectivity index (χ0n) is 9.93. The number of nitrogens with one attached hydrogen (secondary N) is 1. The van der Waals surface area contributed by atoms with Crippen LogP contribution in [0.5, 0.6) is 0 Å². The van der Waals surface area contributed by atoms with Crippen LogP contribution in [0.2, 0.25) is 0 Å². The highest BCUT2D eigenvalue weighted by Crippen LogP contribution is 2.27. The van der Waals surface area contributed by atoms with Gasteiger partial charge >= 0.3 is 6.18 Å². The lowest BCUT2D eigenvalue weighted by atomic mass is 10.1. The second-order valence-electron chi connectivity index (χ2n) is 4.50. The average molecular weight is 249 g/mol. The molecule has 1 N–H and O–H groups in total. The summed E-state index contributed by atoms with van der Waals surface area (Å²) in [5.74, 6) is -1.89. The largest absolute Gasteiger partial charge is 0.405 e. The van der Waals surface area contributed by atoms with E-state index in [-0.39, 0.29) is 12.6 Å². The minimum Gasteiger partial charge on any atom is -0.317 e. The molecule has 1 rings (SSSR count). The van der Waals surface area contributed by atoms with Crippen LogP contribution in [0.15, 0.2) is 0 Å². The fourth-order valence-corrected chi connectivity index (χ4v) is 2.10. The maximum absolute atomic E-state index is 12.5. The van der Waals surface area contributed by atoms with Crippen molar-refractivity contribution in [3.63, 3.8) is 0 Å². The minimum absolute atomic E-state index is 0.142. The third-order valence-electron chi connectivity index (χ3n) is 3.19. The van der Waals surface area contributed by atoms with Gasteiger partial charge in [0.2, 0.25) is 0 Å². The molecule has 0 bridgehead atoms. The lowest BCUT2D eigenvalue weighted by Crippen LogP contribution is -2.40. The maximum Gasteiger partial charge on any atom is 0.405 e. The van der Waals surface area contributed by atoms with Crippen LogP contribution < -0.4 is 5.32 Å². The third-order valence-corrected chi connectivity index (χ3v) is 3.19. The first-order valence-corrected chi connectivity index (χ1v) is 5.82. The van der Waals surface area contributed by atoms with Gasteiger partial charge in [-0.2, -0.15) is 18.4 Å². The summed E-state index contributed by atoms with van der Waals surface area (Å²) in [4.78, 5) is 1.67. The minimum atomic E-state index is -4.42. The molecule has 0 aliphatic carbocycles. The van der Waals surface area contributed by atoms with Crippen LogP contribution >= 0.6 is 0 Å². The van der Waals surface area contributed by atoms with Gasteiger partial charge in [-0.25, -0.2) is 0 Å². The molecular weight excluding hydrogens is 231 g/mol. The second-order valence-corrected chi connectivity index (χ2v) is 4.50. The van der Waals surface area contributed by atoms with Crippen molar-refractivity contribution in [2.24, 2.45) is 5.92 Å². The summed E-state index contributed by atoms with van der Waals surface area (Å²) >= 11 is 0. The number of nitrogens with zero attached hydrogens (tertiary/aromatic N) is 2. The standard InChI is InChI=1S/C11H18F3N3/c1-17(8-9(7-15)11(12,13)14)10-3-2-5-16-6-4-10/h9-10,16H,2-6,8H2,1H3. The Hall–Kier alpha value is -0.800. The highest BCUT2D eigenvalue weighted by Gasteiger charge is 2.41. The quantitative estimate of drug-likeness (QED) is 0.828. The van der Waals surface area contributed by atoms with Gasteiger partial charge in [0.25, 0.3) is 0 Å². The van der Waals surface area contributed by atoms with E-state index in [4.69, 9.17) is 5.26 Å². The SMILES string of the molecule is CN(CC(C#N)C(F)(F)F)C1CCCNCC1. The van der Waals surface area contributed by atoms with Gasteiger partial charge in [0.15, 0.2) is 5.92 Å². The molecule has 1 saturated heterocycles. The Labute approximate surface area is 99.6 Å². The number of hydrogen-bond donors (Lipinski definition) is 1. The van der Waals surface area contributed by atoms with Crippen molar-refractivity contribution in [1.29, 1.82) is 5.26 Å². The maximum atomic E-state index is 12.5. The van der Waals surface area contributed by atoms with Gasteiger partial charge in [0, 0.05) is 12.6 Å². The Morgan fingerprint density at radius 3 is 2.71 bits per heavy atom. The van der Waals surface area contributed by atoms with Crippen molar-refractivity contribution in [3.8, 4) is 6.07 Å². The Morgan fingerprint density at radius 2 is 2.12 bits per heavy atom. The highest BCUT2D eigenvalue weighted by atomic mass is 19.4. The molecule has 6 heteroatoms. The average Bonchev–Trinajstić information content (AvgIpc) is 2.52. The van der Waals surface area contributed by atoms with Gasteiger partial charge in [-0.15, -0.1) is 0 Å². The van der Waals surface area contributed by atoms with Crippen molar-refractivity contribution in [3.05, 3.63) is 0 Å². The monoisotopic (exact) mass is 249 g/mol. The molecule has 1 heterocycles. The molecular formula is C11H18F3N3. The van der Waals surface area contributed by atoms with E-state index in [9.17, 15) is 13.2 Å². The predicted octanol–water partition coefficient (Wildman–Crippen LogP) is 1.76. The molecule has 1 fully saturated rings. The van der Waals surface area contributed by atoms with Crippen LogP contribution in [0.1, 0.15) is 19.3 Å². The summed E-state index contributed by atoms with van der Waals surface area (Å²) in [5, 5.41) is 11.8. The van der Waals surface area contributed by atoms with E-state index in [1.807, 2.05) is 0 Å². The lowest BCUT2D eigenvalue weighted by molar-refractivity contribution is -0.163. The number of rotatable bonds is 3. The first-order valence-electron chi connectivity index (χ1n) is 5.82. The predicted molar refractivity (Wildman–Crippen MR) is 58.3 cm³/mol. The molecule has 0 amide bonds. The van der Waals surface area contributed by atoms with E-state index >= 15 is 0 Å². The van der Waals surface area contributed by atoms with E-state index in [1.165, 1.54) is 6.07 Å². The summed E-state index contributed by atoms with van der Waals surface area (Å²) in [6, 6.07) is 1.49.